The Balaban J connectivity index is 1.52. The number of anilines is 1. The molecule has 0 aromatic heterocycles. The van der Waals surface area contributed by atoms with E-state index in [-0.39, 0.29) is 24.3 Å². The van der Waals surface area contributed by atoms with Gasteiger partial charge in [-0.2, -0.15) is 0 Å². The molecule has 2 fully saturated rings. The number of ether oxygens (including phenoxy) is 1. The topological polar surface area (TPSA) is 70.7 Å². The van der Waals surface area contributed by atoms with Crippen molar-refractivity contribution in [1.82, 2.24) is 10.2 Å². The minimum absolute atomic E-state index is 0.0222. The van der Waals surface area contributed by atoms with Gasteiger partial charge in [0, 0.05) is 31.4 Å². The van der Waals surface area contributed by atoms with Crippen LogP contribution < -0.4 is 15.4 Å². The summed E-state index contributed by atoms with van der Waals surface area (Å²) in [5.74, 6) is 0.672. The van der Waals surface area contributed by atoms with Crippen molar-refractivity contribution < 1.29 is 14.3 Å². The number of rotatable bonds is 5. The first kappa shape index (κ1) is 15.8. The van der Waals surface area contributed by atoms with Gasteiger partial charge in [0.15, 0.2) is 6.61 Å². The maximum absolute atomic E-state index is 12.1. The monoisotopic (exact) mass is 317 g/mol. The molecule has 0 spiro atoms. The fourth-order valence-electron chi connectivity index (χ4n) is 2.99. The summed E-state index contributed by atoms with van der Waals surface area (Å²) in [6.07, 6.45) is 3.01. The van der Waals surface area contributed by atoms with Gasteiger partial charge in [-0.1, -0.05) is 6.07 Å². The van der Waals surface area contributed by atoms with Crippen LogP contribution >= 0.6 is 0 Å². The maximum atomic E-state index is 12.1. The Bertz CT molecular complexity index is 564. The van der Waals surface area contributed by atoms with Gasteiger partial charge >= 0.3 is 0 Å². The van der Waals surface area contributed by atoms with E-state index in [0.29, 0.717) is 11.4 Å². The van der Waals surface area contributed by atoms with E-state index in [1.54, 1.807) is 12.1 Å². The first-order valence-corrected chi connectivity index (χ1v) is 8.24. The lowest BCUT2D eigenvalue weighted by Crippen LogP contribution is -2.32. The summed E-state index contributed by atoms with van der Waals surface area (Å²) in [5.41, 5.74) is 0.702. The van der Waals surface area contributed by atoms with Crippen LogP contribution in [0.15, 0.2) is 24.3 Å². The van der Waals surface area contributed by atoms with Crippen molar-refractivity contribution in [2.45, 2.75) is 19.3 Å². The second-order valence-electron chi connectivity index (χ2n) is 6.08. The lowest BCUT2D eigenvalue weighted by atomic mass is 10.1. The molecule has 6 heteroatoms. The number of carbonyl (C=O) groups is 2. The fraction of sp³-hybridized carbons (Fsp3) is 0.529. The molecular weight excluding hydrogens is 294 g/mol. The minimum atomic E-state index is 0.0222. The summed E-state index contributed by atoms with van der Waals surface area (Å²) < 4.78 is 5.57. The van der Waals surface area contributed by atoms with Crippen LogP contribution in [0.1, 0.15) is 19.3 Å². The van der Waals surface area contributed by atoms with Crippen LogP contribution in [0.5, 0.6) is 5.75 Å². The van der Waals surface area contributed by atoms with Gasteiger partial charge in [0.2, 0.25) is 5.91 Å². The van der Waals surface area contributed by atoms with Crippen LogP contribution in [0, 0.1) is 5.92 Å². The van der Waals surface area contributed by atoms with Crippen molar-refractivity contribution >= 4 is 17.5 Å². The fourth-order valence-corrected chi connectivity index (χ4v) is 2.99. The molecule has 124 valence electrons. The number of nitrogens with zero attached hydrogens (tertiary/aromatic N) is 1. The second kappa shape index (κ2) is 7.46. The largest absolute Gasteiger partial charge is 0.484 e. The van der Waals surface area contributed by atoms with Crippen molar-refractivity contribution in [3.05, 3.63) is 24.3 Å². The number of nitrogens with one attached hydrogen (secondary N) is 2. The molecule has 2 saturated heterocycles. The molecule has 1 aromatic rings. The predicted molar refractivity (Wildman–Crippen MR) is 87.4 cm³/mol. The first-order chi connectivity index (χ1) is 11.2. The average Bonchev–Trinajstić information content (AvgIpc) is 3.25. The molecule has 0 radical (unpaired) electrons. The number of hydrogen-bond acceptors (Lipinski definition) is 4. The van der Waals surface area contributed by atoms with E-state index in [1.165, 1.54) is 0 Å². The van der Waals surface area contributed by atoms with Crippen LogP contribution in [0.3, 0.4) is 0 Å². The number of benzene rings is 1. The van der Waals surface area contributed by atoms with Gasteiger partial charge in [0.1, 0.15) is 5.75 Å². The van der Waals surface area contributed by atoms with E-state index in [1.807, 2.05) is 17.0 Å². The summed E-state index contributed by atoms with van der Waals surface area (Å²) >= 11 is 0. The van der Waals surface area contributed by atoms with Gasteiger partial charge < -0.3 is 20.3 Å². The van der Waals surface area contributed by atoms with E-state index >= 15 is 0 Å². The quantitative estimate of drug-likeness (QED) is 0.857. The molecule has 2 aliphatic rings. The van der Waals surface area contributed by atoms with Gasteiger partial charge in [-0.25, -0.2) is 0 Å². The zero-order valence-electron chi connectivity index (χ0n) is 13.2. The molecule has 1 atom stereocenters. The van der Waals surface area contributed by atoms with Crippen LogP contribution in [0.4, 0.5) is 5.69 Å². The predicted octanol–water partition coefficient (Wildman–Crippen LogP) is 1.24. The van der Waals surface area contributed by atoms with E-state index < -0.39 is 0 Å². The summed E-state index contributed by atoms with van der Waals surface area (Å²) in [5, 5.41) is 6.09. The van der Waals surface area contributed by atoms with Crippen molar-refractivity contribution in [2.24, 2.45) is 5.92 Å². The second-order valence-corrected chi connectivity index (χ2v) is 6.08. The Morgan fingerprint density at radius 1 is 1.30 bits per heavy atom. The van der Waals surface area contributed by atoms with Crippen LogP contribution in [-0.4, -0.2) is 49.5 Å². The third-order valence-corrected chi connectivity index (χ3v) is 4.35. The molecule has 2 N–H and O–H groups in total. The van der Waals surface area contributed by atoms with Crippen molar-refractivity contribution in [3.8, 4) is 5.75 Å². The number of carbonyl (C=O) groups excluding carboxylic acids is 2. The molecule has 0 bridgehead atoms. The summed E-state index contributed by atoms with van der Waals surface area (Å²) in [6, 6.07) is 7.20. The normalized spacial score (nSPS) is 20.5. The molecule has 0 saturated carbocycles. The van der Waals surface area contributed by atoms with Gasteiger partial charge in [-0.3, -0.25) is 9.59 Å². The standard InChI is InChI=1S/C17H23N3O3/c21-16(20-8-1-2-9-20)12-23-15-5-3-4-14(10-15)19-17(22)13-6-7-18-11-13/h3-5,10,13,18H,1-2,6-9,11-12H2,(H,19,22). The third kappa shape index (κ3) is 4.22. The molecule has 3 rings (SSSR count). The highest BCUT2D eigenvalue weighted by molar-refractivity contribution is 5.93. The zero-order chi connectivity index (χ0) is 16.1. The Morgan fingerprint density at radius 2 is 2.13 bits per heavy atom. The first-order valence-electron chi connectivity index (χ1n) is 8.24. The lowest BCUT2D eigenvalue weighted by Gasteiger charge is -2.16. The Morgan fingerprint density at radius 3 is 2.87 bits per heavy atom. The van der Waals surface area contributed by atoms with Crippen LogP contribution in [0.25, 0.3) is 0 Å². The highest BCUT2D eigenvalue weighted by Gasteiger charge is 2.22. The number of amides is 2. The van der Waals surface area contributed by atoms with Crippen molar-refractivity contribution in [1.29, 1.82) is 0 Å². The SMILES string of the molecule is O=C(Nc1cccc(OCC(=O)N2CCCC2)c1)C1CCNC1. The average molecular weight is 317 g/mol. The summed E-state index contributed by atoms with van der Waals surface area (Å²) in [7, 11) is 0. The van der Waals surface area contributed by atoms with Gasteiger partial charge in [0.05, 0.1) is 5.92 Å². The minimum Gasteiger partial charge on any atom is -0.484 e. The van der Waals surface area contributed by atoms with Gasteiger partial charge in [-0.05, 0) is 37.9 Å². The van der Waals surface area contributed by atoms with E-state index in [2.05, 4.69) is 10.6 Å². The highest BCUT2D eigenvalue weighted by atomic mass is 16.5. The van der Waals surface area contributed by atoms with Crippen LogP contribution in [0.2, 0.25) is 0 Å². The highest BCUT2D eigenvalue weighted by Crippen LogP contribution is 2.19. The number of likely N-dealkylation sites (tertiary alicyclic amines) is 1. The third-order valence-electron chi connectivity index (χ3n) is 4.35. The van der Waals surface area contributed by atoms with E-state index in [9.17, 15) is 9.59 Å². The summed E-state index contributed by atoms with van der Waals surface area (Å²) in [4.78, 5) is 25.9. The molecule has 1 aromatic carbocycles. The molecule has 2 aliphatic heterocycles. The molecule has 6 nitrogen and oxygen atoms in total. The maximum Gasteiger partial charge on any atom is 0.260 e. The molecular formula is C17H23N3O3. The molecule has 2 heterocycles. The van der Waals surface area contributed by atoms with Crippen molar-refractivity contribution in [3.63, 3.8) is 0 Å². The van der Waals surface area contributed by atoms with Gasteiger partial charge in [-0.15, -0.1) is 0 Å². The smallest absolute Gasteiger partial charge is 0.260 e. The van der Waals surface area contributed by atoms with Crippen molar-refractivity contribution in [2.75, 3.05) is 38.1 Å². The molecule has 23 heavy (non-hydrogen) atoms. The Labute approximate surface area is 136 Å². The molecule has 2 amide bonds. The molecule has 0 aliphatic carbocycles. The van der Waals surface area contributed by atoms with Gasteiger partial charge in [0.25, 0.3) is 5.91 Å². The number of hydrogen-bond donors (Lipinski definition) is 2. The van der Waals surface area contributed by atoms with Crippen LogP contribution in [-0.2, 0) is 9.59 Å². The summed E-state index contributed by atoms with van der Waals surface area (Å²) in [6.45, 7) is 3.32. The lowest BCUT2D eigenvalue weighted by molar-refractivity contribution is -0.132. The van der Waals surface area contributed by atoms with E-state index in [0.717, 1.165) is 45.4 Å². The zero-order valence-corrected chi connectivity index (χ0v) is 13.2. The van der Waals surface area contributed by atoms with E-state index in [4.69, 9.17) is 4.74 Å². The molecule has 1 unspecified atom stereocenters. The Hall–Kier alpha value is -2.08. The Kier molecular flexibility index (Phi) is 5.12.